The fraction of sp³-hybridized carbons (Fsp3) is 0.364. The summed E-state index contributed by atoms with van der Waals surface area (Å²) in [6, 6.07) is 7.68. The van der Waals surface area contributed by atoms with Crippen LogP contribution in [0.2, 0.25) is 0 Å². The lowest BCUT2D eigenvalue weighted by Crippen LogP contribution is -2.04. The van der Waals surface area contributed by atoms with Crippen molar-refractivity contribution in [3.63, 3.8) is 0 Å². The standard InChI is InChI=1S/C11H13NO2/c1-14-11(13)9-6-8(9)7-4-2-3-5-10(7)12/h2-5,8-9H,6,12H2,1H3/t8-,9+/m1/s1. The van der Waals surface area contributed by atoms with Crippen LogP contribution in [0.1, 0.15) is 17.9 Å². The van der Waals surface area contributed by atoms with Crippen LogP contribution in [0.3, 0.4) is 0 Å². The zero-order chi connectivity index (χ0) is 10.1. The van der Waals surface area contributed by atoms with E-state index >= 15 is 0 Å². The van der Waals surface area contributed by atoms with Gasteiger partial charge in [0.2, 0.25) is 0 Å². The summed E-state index contributed by atoms with van der Waals surface area (Å²) in [6.07, 6.45) is 0.862. The molecule has 14 heavy (non-hydrogen) atoms. The van der Waals surface area contributed by atoms with Gasteiger partial charge in [0.25, 0.3) is 0 Å². The molecule has 1 fully saturated rings. The molecule has 0 saturated heterocycles. The lowest BCUT2D eigenvalue weighted by Gasteiger charge is -2.03. The summed E-state index contributed by atoms with van der Waals surface area (Å²) in [4.78, 5) is 11.2. The van der Waals surface area contributed by atoms with Crippen molar-refractivity contribution in [2.75, 3.05) is 12.8 Å². The number of rotatable bonds is 2. The molecule has 0 aliphatic heterocycles. The van der Waals surface area contributed by atoms with E-state index in [9.17, 15) is 4.79 Å². The topological polar surface area (TPSA) is 52.3 Å². The Morgan fingerprint density at radius 2 is 2.21 bits per heavy atom. The maximum atomic E-state index is 11.2. The van der Waals surface area contributed by atoms with E-state index in [-0.39, 0.29) is 17.8 Å². The number of nitrogens with two attached hydrogens (primary N) is 1. The highest BCUT2D eigenvalue weighted by molar-refractivity contribution is 5.78. The second-order valence-electron chi connectivity index (χ2n) is 3.60. The Balaban J connectivity index is 2.13. The van der Waals surface area contributed by atoms with Gasteiger partial charge in [-0.05, 0) is 18.1 Å². The number of carbonyl (C=O) groups excluding carboxylic acids is 1. The molecule has 3 heteroatoms. The summed E-state index contributed by atoms with van der Waals surface area (Å²) >= 11 is 0. The smallest absolute Gasteiger partial charge is 0.309 e. The monoisotopic (exact) mass is 191 g/mol. The Morgan fingerprint density at radius 3 is 2.86 bits per heavy atom. The third kappa shape index (κ3) is 1.45. The van der Waals surface area contributed by atoms with E-state index < -0.39 is 0 Å². The van der Waals surface area contributed by atoms with E-state index in [4.69, 9.17) is 5.73 Å². The van der Waals surface area contributed by atoms with Gasteiger partial charge in [-0.25, -0.2) is 0 Å². The maximum Gasteiger partial charge on any atom is 0.309 e. The number of hydrogen-bond acceptors (Lipinski definition) is 3. The van der Waals surface area contributed by atoms with Crippen LogP contribution in [0.4, 0.5) is 5.69 Å². The van der Waals surface area contributed by atoms with Crippen molar-refractivity contribution in [2.45, 2.75) is 12.3 Å². The Kier molecular flexibility index (Phi) is 2.15. The van der Waals surface area contributed by atoms with Gasteiger partial charge >= 0.3 is 5.97 Å². The van der Waals surface area contributed by atoms with Gasteiger partial charge < -0.3 is 10.5 Å². The normalized spacial score (nSPS) is 24.4. The number of nitrogen functional groups attached to an aromatic ring is 1. The zero-order valence-corrected chi connectivity index (χ0v) is 8.07. The van der Waals surface area contributed by atoms with E-state index in [1.807, 2.05) is 24.3 Å². The first kappa shape index (κ1) is 9.06. The summed E-state index contributed by atoms with van der Waals surface area (Å²) in [5, 5.41) is 0. The molecule has 2 N–H and O–H groups in total. The van der Waals surface area contributed by atoms with Gasteiger partial charge in [0, 0.05) is 11.6 Å². The molecule has 3 nitrogen and oxygen atoms in total. The van der Waals surface area contributed by atoms with Crippen LogP contribution in [0.25, 0.3) is 0 Å². The lowest BCUT2D eigenvalue weighted by atomic mass is 10.1. The molecule has 0 amide bonds. The Labute approximate surface area is 82.9 Å². The van der Waals surface area contributed by atoms with Crippen molar-refractivity contribution in [3.05, 3.63) is 29.8 Å². The minimum atomic E-state index is -0.127. The SMILES string of the molecule is COC(=O)[C@H]1C[C@@H]1c1ccccc1N. The van der Waals surface area contributed by atoms with Crippen LogP contribution in [0.15, 0.2) is 24.3 Å². The molecular weight excluding hydrogens is 178 g/mol. The number of ether oxygens (including phenoxy) is 1. The van der Waals surface area contributed by atoms with E-state index in [2.05, 4.69) is 4.74 Å². The van der Waals surface area contributed by atoms with E-state index in [1.165, 1.54) is 7.11 Å². The number of methoxy groups -OCH3 is 1. The van der Waals surface area contributed by atoms with Gasteiger partial charge in [-0.2, -0.15) is 0 Å². The molecule has 0 radical (unpaired) electrons. The molecular formula is C11H13NO2. The van der Waals surface area contributed by atoms with Crippen molar-refractivity contribution < 1.29 is 9.53 Å². The van der Waals surface area contributed by atoms with Gasteiger partial charge in [0.15, 0.2) is 0 Å². The van der Waals surface area contributed by atoms with Crippen molar-refractivity contribution in [1.29, 1.82) is 0 Å². The molecule has 1 saturated carbocycles. The number of hydrogen-bond donors (Lipinski definition) is 1. The largest absolute Gasteiger partial charge is 0.469 e. The second kappa shape index (κ2) is 3.33. The van der Waals surface area contributed by atoms with Crippen molar-refractivity contribution in [3.8, 4) is 0 Å². The van der Waals surface area contributed by atoms with Crippen molar-refractivity contribution >= 4 is 11.7 Å². The van der Waals surface area contributed by atoms with Crippen LogP contribution in [0.5, 0.6) is 0 Å². The molecule has 1 aromatic rings. The van der Waals surface area contributed by atoms with E-state index in [0.717, 1.165) is 17.7 Å². The molecule has 0 aromatic heterocycles. The van der Waals surface area contributed by atoms with Gasteiger partial charge in [0.1, 0.15) is 0 Å². The predicted octanol–water partition coefficient (Wildman–Crippen LogP) is 1.55. The first-order valence-corrected chi connectivity index (χ1v) is 4.66. The summed E-state index contributed by atoms with van der Waals surface area (Å²) in [5.74, 6) is 0.159. The molecule has 1 aliphatic rings. The average Bonchev–Trinajstić information content (AvgIpc) is 2.97. The molecule has 2 rings (SSSR count). The molecule has 0 heterocycles. The van der Waals surface area contributed by atoms with Gasteiger partial charge in [-0.15, -0.1) is 0 Å². The van der Waals surface area contributed by atoms with Crippen LogP contribution >= 0.6 is 0 Å². The highest BCUT2D eigenvalue weighted by atomic mass is 16.5. The highest BCUT2D eigenvalue weighted by Gasteiger charge is 2.45. The predicted molar refractivity (Wildman–Crippen MR) is 53.7 cm³/mol. The minimum absolute atomic E-state index is 0.0182. The highest BCUT2D eigenvalue weighted by Crippen LogP contribution is 2.49. The number of anilines is 1. The number of para-hydroxylation sites is 1. The van der Waals surface area contributed by atoms with E-state index in [0.29, 0.717) is 0 Å². The van der Waals surface area contributed by atoms with Crippen molar-refractivity contribution in [1.82, 2.24) is 0 Å². The van der Waals surface area contributed by atoms with Crippen LogP contribution < -0.4 is 5.73 Å². The average molecular weight is 191 g/mol. The number of carbonyl (C=O) groups is 1. The molecule has 0 bridgehead atoms. The van der Waals surface area contributed by atoms with Crippen LogP contribution in [0, 0.1) is 5.92 Å². The van der Waals surface area contributed by atoms with Crippen molar-refractivity contribution in [2.24, 2.45) is 5.92 Å². The molecule has 1 aromatic carbocycles. The molecule has 74 valence electrons. The second-order valence-corrected chi connectivity index (χ2v) is 3.60. The summed E-state index contributed by atoms with van der Waals surface area (Å²) in [5.41, 5.74) is 7.65. The summed E-state index contributed by atoms with van der Waals surface area (Å²) in [7, 11) is 1.42. The maximum absolute atomic E-state index is 11.2. The van der Waals surface area contributed by atoms with Gasteiger partial charge in [-0.1, -0.05) is 18.2 Å². The summed E-state index contributed by atoms with van der Waals surface area (Å²) in [6.45, 7) is 0. The Bertz CT molecular complexity index is 362. The zero-order valence-electron chi connectivity index (χ0n) is 8.07. The first-order chi connectivity index (χ1) is 6.74. The summed E-state index contributed by atoms with van der Waals surface area (Å²) < 4.78 is 4.69. The third-order valence-corrected chi connectivity index (χ3v) is 2.69. The molecule has 1 aliphatic carbocycles. The van der Waals surface area contributed by atoms with E-state index in [1.54, 1.807) is 0 Å². The van der Waals surface area contributed by atoms with Crippen LogP contribution in [-0.2, 0) is 9.53 Å². The molecule has 2 atom stereocenters. The Morgan fingerprint density at radius 1 is 1.50 bits per heavy atom. The lowest BCUT2D eigenvalue weighted by molar-refractivity contribution is -0.142. The minimum Gasteiger partial charge on any atom is -0.469 e. The number of benzene rings is 1. The fourth-order valence-electron chi connectivity index (χ4n) is 1.80. The molecule has 0 spiro atoms. The first-order valence-electron chi connectivity index (χ1n) is 4.66. The van der Waals surface area contributed by atoms with Gasteiger partial charge in [-0.3, -0.25) is 4.79 Å². The molecule has 0 unspecified atom stereocenters. The fourth-order valence-corrected chi connectivity index (χ4v) is 1.80. The van der Waals surface area contributed by atoms with Gasteiger partial charge in [0.05, 0.1) is 13.0 Å². The third-order valence-electron chi connectivity index (χ3n) is 2.69. The Hall–Kier alpha value is -1.51. The quantitative estimate of drug-likeness (QED) is 0.570. The number of esters is 1. The van der Waals surface area contributed by atoms with Crippen LogP contribution in [-0.4, -0.2) is 13.1 Å².